The molecule has 2 heterocycles. The molecule has 20 heavy (non-hydrogen) atoms. The third kappa shape index (κ3) is 3.66. The topological polar surface area (TPSA) is 62.7 Å². The molecule has 0 radical (unpaired) electrons. The molecule has 0 atom stereocenters. The lowest BCUT2D eigenvalue weighted by atomic mass is 10.2. The molecular formula is C15H21N5. The van der Waals surface area contributed by atoms with Crippen molar-refractivity contribution in [2.24, 2.45) is 0 Å². The van der Waals surface area contributed by atoms with Crippen molar-refractivity contribution in [2.75, 3.05) is 17.2 Å². The van der Waals surface area contributed by atoms with Crippen LogP contribution in [0, 0.1) is 13.8 Å². The predicted molar refractivity (Wildman–Crippen MR) is 81.9 cm³/mol. The molecule has 0 saturated heterocycles. The van der Waals surface area contributed by atoms with E-state index in [-0.39, 0.29) is 0 Å². The molecule has 0 aliphatic rings. The van der Waals surface area contributed by atoms with Gasteiger partial charge in [-0.05, 0) is 32.4 Å². The molecule has 0 amide bonds. The molecule has 0 fully saturated rings. The van der Waals surface area contributed by atoms with Crippen molar-refractivity contribution < 1.29 is 0 Å². The van der Waals surface area contributed by atoms with Gasteiger partial charge < -0.3 is 10.6 Å². The molecule has 0 spiro atoms. The van der Waals surface area contributed by atoms with Gasteiger partial charge in [-0.15, -0.1) is 0 Å². The summed E-state index contributed by atoms with van der Waals surface area (Å²) in [5.74, 6) is 2.53. The Morgan fingerprint density at radius 3 is 2.45 bits per heavy atom. The van der Waals surface area contributed by atoms with Crippen LogP contribution in [0.2, 0.25) is 0 Å². The summed E-state index contributed by atoms with van der Waals surface area (Å²) >= 11 is 0. The zero-order valence-electron chi connectivity index (χ0n) is 12.3. The standard InChI is InChI=1S/C15H21N5/c1-4-8-17-14-11(2)15(20-12(3)19-14)18-10-13-7-5-6-9-16-13/h5-7,9H,4,8,10H2,1-3H3,(H2,17,18,19,20). The maximum atomic E-state index is 4.47. The van der Waals surface area contributed by atoms with Crippen LogP contribution in [0.5, 0.6) is 0 Å². The number of aromatic nitrogens is 3. The zero-order valence-corrected chi connectivity index (χ0v) is 12.3. The highest BCUT2D eigenvalue weighted by molar-refractivity contribution is 5.57. The molecule has 0 saturated carbocycles. The van der Waals surface area contributed by atoms with E-state index in [2.05, 4.69) is 32.5 Å². The summed E-state index contributed by atoms with van der Waals surface area (Å²) in [6, 6.07) is 5.89. The van der Waals surface area contributed by atoms with Crippen LogP contribution in [0.15, 0.2) is 24.4 Å². The highest BCUT2D eigenvalue weighted by atomic mass is 15.1. The van der Waals surface area contributed by atoms with Gasteiger partial charge in [-0.25, -0.2) is 9.97 Å². The second kappa shape index (κ2) is 6.84. The third-order valence-corrected chi connectivity index (χ3v) is 2.96. The Morgan fingerprint density at radius 2 is 1.80 bits per heavy atom. The molecule has 2 N–H and O–H groups in total. The van der Waals surface area contributed by atoms with Gasteiger partial charge in [-0.1, -0.05) is 13.0 Å². The molecule has 2 aromatic rings. The summed E-state index contributed by atoms with van der Waals surface area (Å²) in [6.07, 6.45) is 2.86. The van der Waals surface area contributed by atoms with Gasteiger partial charge in [0.2, 0.25) is 0 Å². The lowest BCUT2D eigenvalue weighted by molar-refractivity contribution is 0.938. The van der Waals surface area contributed by atoms with E-state index in [0.717, 1.165) is 41.7 Å². The van der Waals surface area contributed by atoms with Crippen LogP contribution in [0.25, 0.3) is 0 Å². The minimum absolute atomic E-state index is 0.658. The molecule has 5 heteroatoms. The SMILES string of the molecule is CCCNc1nc(C)nc(NCc2ccccn2)c1C. The number of aryl methyl sites for hydroxylation is 1. The number of hydrogen-bond acceptors (Lipinski definition) is 5. The van der Waals surface area contributed by atoms with Crippen molar-refractivity contribution in [3.05, 3.63) is 41.5 Å². The normalized spacial score (nSPS) is 10.3. The van der Waals surface area contributed by atoms with Gasteiger partial charge in [0.05, 0.1) is 12.2 Å². The monoisotopic (exact) mass is 271 g/mol. The Balaban J connectivity index is 2.12. The first-order valence-corrected chi connectivity index (χ1v) is 6.93. The first-order valence-electron chi connectivity index (χ1n) is 6.93. The van der Waals surface area contributed by atoms with Crippen LogP contribution in [0.1, 0.15) is 30.4 Å². The van der Waals surface area contributed by atoms with Crippen molar-refractivity contribution >= 4 is 11.6 Å². The van der Waals surface area contributed by atoms with E-state index in [1.807, 2.05) is 32.0 Å². The number of nitrogens with zero attached hydrogens (tertiary/aromatic N) is 3. The Morgan fingerprint density at radius 1 is 1.05 bits per heavy atom. The van der Waals surface area contributed by atoms with Crippen molar-refractivity contribution in [3.63, 3.8) is 0 Å². The molecule has 0 aliphatic heterocycles. The number of pyridine rings is 1. The number of anilines is 2. The van der Waals surface area contributed by atoms with Gasteiger partial charge in [-0.3, -0.25) is 4.98 Å². The van der Waals surface area contributed by atoms with E-state index >= 15 is 0 Å². The van der Waals surface area contributed by atoms with Crippen LogP contribution < -0.4 is 10.6 Å². The molecule has 0 unspecified atom stereocenters. The van der Waals surface area contributed by atoms with Gasteiger partial charge >= 0.3 is 0 Å². The predicted octanol–water partition coefficient (Wildman–Crippen LogP) is 2.92. The highest BCUT2D eigenvalue weighted by Crippen LogP contribution is 2.20. The number of rotatable bonds is 6. The molecule has 106 valence electrons. The lowest BCUT2D eigenvalue weighted by Gasteiger charge is -2.13. The molecule has 5 nitrogen and oxygen atoms in total. The Kier molecular flexibility index (Phi) is 4.87. The maximum Gasteiger partial charge on any atom is 0.135 e. The van der Waals surface area contributed by atoms with Crippen molar-refractivity contribution in [1.82, 2.24) is 15.0 Å². The van der Waals surface area contributed by atoms with Crippen molar-refractivity contribution in [2.45, 2.75) is 33.7 Å². The number of hydrogen-bond donors (Lipinski definition) is 2. The first kappa shape index (κ1) is 14.2. The van der Waals surface area contributed by atoms with E-state index in [0.29, 0.717) is 6.54 Å². The average molecular weight is 271 g/mol. The van der Waals surface area contributed by atoms with Crippen LogP contribution in [-0.4, -0.2) is 21.5 Å². The lowest BCUT2D eigenvalue weighted by Crippen LogP contribution is -2.11. The Labute approximate surface area is 119 Å². The van der Waals surface area contributed by atoms with Gasteiger partial charge in [-0.2, -0.15) is 0 Å². The van der Waals surface area contributed by atoms with Gasteiger partial charge in [0.15, 0.2) is 0 Å². The van der Waals surface area contributed by atoms with E-state index in [4.69, 9.17) is 0 Å². The van der Waals surface area contributed by atoms with E-state index in [1.165, 1.54) is 0 Å². The fourth-order valence-corrected chi connectivity index (χ4v) is 1.89. The van der Waals surface area contributed by atoms with Gasteiger partial charge in [0, 0.05) is 18.3 Å². The second-order valence-electron chi connectivity index (χ2n) is 4.69. The van der Waals surface area contributed by atoms with Crippen molar-refractivity contribution in [3.8, 4) is 0 Å². The molecular weight excluding hydrogens is 250 g/mol. The quantitative estimate of drug-likeness (QED) is 0.845. The third-order valence-electron chi connectivity index (χ3n) is 2.96. The number of nitrogens with one attached hydrogen (secondary N) is 2. The molecule has 0 bridgehead atoms. The molecule has 2 aromatic heterocycles. The minimum atomic E-state index is 0.658. The maximum absolute atomic E-state index is 4.47. The smallest absolute Gasteiger partial charge is 0.135 e. The summed E-state index contributed by atoms with van der Waals surface area (Å²) in [4.78, 5) is 13.2. The first-order chi connectivity index (χ1) is 9.70. The van der Waals surface area contributed by atoms with Crippen LogP contribution in [0.4, 0.5) is 11.6 Å². The van der Waals surface area contributed by atoms with Gasteiger partial charge in [0.25, 0.3) is 0 Å². The second-order valence-corrected chi connectivity index (χ2v) is 4.69. The van der Waals surface area contributed by atoms with Crippen LogP contribution in [0.3, 0.4) is 0 Å². The van der Waals surface area contributed by atoms with E-state index in [1.54, 1.807) is 6.20 Å². The molecule has 0 aliphatic carbocycles. The molecule has 0 aromatic carbocycles. The van der Waals surface area contributed by atoms with Crippen LogP contribution in [-0.2, 0) is 6.54 Å². The summed E-state index contributed by atoms with van der Waals surface area (Å²) in [6.45, 7) is 7.64. The summed E-state index contributed by atoms with van der Waals surface area (Å²) in [5, 5.41) is 6.67. The van der Waals surface area contributed by atoms with Crippen molar-refractivity contribution in [1.29, 1.82) is 0 Å². The Hall–Kier alpha value is -2.17. The summed E-state index contributed by atoms with van der Waals surface area (Å²) in [7, 11) is 0. The fraction of sp³-hybridized carbons (Fsp3) is 0.400. The zero-order chi connectivity index (χ0) is 14.4. The van der Waals surface area contributed by atoms with Gasteiger partial charge in [0.1, 0.15) is 17.5 Å². The fourth-order valence-electron chi connectivity index (χ4n) is 1.89. The largest absolute Gasteiger partial charge is 0.370 e. The highest BCUT2D eigenvalue weighted by Gasteiger charge is 2.08. The Bertz CT molecular complexity index is 554. The summed E-state index contributed by atoms with van der Waals surface area (Å²) < 4.78 is 0. The molecule has 2 rings (SSSR count). The van der Waals surface area contributed by atoms with Crippen LogP contribution >= 0.6 is 0 Å². The summed E-state index contributed by atoms with van der Waals surface area (Å²) in [5.41, 5.74) is 2.03. The van der Waals surface area contributed by atoms with E-state index in [9.17, 15) is 0 Å². The van der Waals surface area contributed by atoms with E-state index < -0.39 is 0 Å². The minimum Gasteiger partial charge on any atom is -0.370 e. The average Bonchev–Trinajstić information content (AvgIpc) is 2.47.